The third kappa shape index (κ3) is 8.78. The molecular formula is C33H42N4O5S. The van der Waals surface area contributed by atoms with E-state index in [2.05, 4.69) is 27.3 Å². The van der Waals surface area contributed by atoms with E-state index < -0.39 is 16.9 Å². The smallest absolute Gasteiger partial charge is 0.255 e. The lowest BCUT2D eigenvalue weighted by Crippen LogP contribution is -2.45. The van der Waals surface area contributed by atoms with Crippen LogP contribution in [-0.2, 0) is 17.2 Å². The van der Waals surface area contributed by atoms with Crippen molar-refractivity contribution in [1.29, 1.82) is 0 Å². The minimum Gasteiger partial charge on any atom is -0.507 e. The predicted molar refractivity (Wildman–Crippen MR) is 168 cm³/mol. The number of likely N-dealkylation sites (tertiary alicyclic amines) is 1. The normalized spacial score (nSPS) is 17.1. The van der Waals surface area contributed by atoms with Gasteiger partial charge in [-0.05, 0) is 68.4 Å². The molecule has 0 bridgehead atoms. The van der Waals surface area contributed by atoms with E-state index in [9.17, 15) is 19.2 Å². The van der Waals surface area contributed by atoms with E-state index in [0.29, 0.717) is 28.5 Å². The monoisotopic (exact) mass is 606 g/mol. The summed E-state index contributed by atoms with van der Waals surface area (Å²) in [7, 11) is -1.35. The molecule has 2 aromatic carbocycles. The van der Waals surface area contributed by atoms with Crippen LogP contribution in [0.5, 0.6) is 11.5 Å². The van der Waals surface area contributed by atoms with Gasteiger partial charge in [0.25, 0.3) is 5.91 Å². The first-order chi connectivity index (χ1) is 21.0. The predicted octanol–water partition coefficient (Wildman–Crippen LogP) is 3.76. The van der Waals surface area contributed by atoms with Gasteiger partial charge in [0.15, 0.2) is 0 Å². The number of piperidine rings is 1. The van der Waals surface area contributed by atoms with Gasteiger partial charge in [-0.15, -0.1) is 0 Å². The summed E-state index contributed by atoms with van der Waals surface area (Å²) in [6.07, 6.45) is 6.53. The number of phenolic OH excluding ortho intramolecular Hbond substituents is 1. The van der Waals surface area contributed by atoms with Crippen LogP contribution in [0.2, 0.25) is 0 Å². The van der Waals surface area contributed by atoms with E-state index in [0.717, 1.165) is 70.5 Å². The SMILES string of the molecule is O=C(c1ccc(N2CCC(NCC(O)COc3ccc(O)c(S(=O)CCCc4ccccc4)c3)CC2)nc1)N1CCCC1. The maximum absolute atomic E-state index is 12.8. The van der Waals surface area contributed by atoms with E-state index in [1.165, 1.54) is 11.6 Å². The van der Waals surface area contributed by atoms with Gasteiger partial charge in [0.05, 0.1) is 21.3 Å². The summed E-state index contributed by atoms with van der Waals surface area (Å²) >= 11 is 0. The Balaban J connectivity index is 1.01. The topological polar surface area (TPSA) is 115 Å². The Kier molecular flexibility index (Phi) is 11.0. The molecule has 0 radical (unpaired) electrons. The summed E-state index contributed by atoms with van der Waals surface area (Å²) in [5.74, 6) is 1.85. The first-order valence-electron chi connectivity index (χ1n) is 15.3. The number of nitrogens with one attached hydrogen (secondary N) is 1. The van der Waals surface area contributed by atoms with Gasteiger partial charge >= 0.3 is 0 Å². The van der Waals surface area contributed by atoms with Crippen LogP contribution in [-0.4, -0.2) is 87.4 Å². The van der Waals surface area contributed by atoms with Crippen molar-refractivity contribution in [2.24, 2.45) is 0 Å². The van der Waals surface area contributed by atoms with Crippen LogP contribution >= 0.6 is 0 Å². The number of carbonyl (C=O) groups excluding carboxylic acids is 1. The molecule has 2 unspecified atom stereocenters. The first kappa shape index (κ1) is 31.0. The van der Waals surface area contributed by atoms with Gasteiger partial charge in [-0.2, -0.15) is 0 Å². The molecule has 1 aromatic heterocycles. The zero-order valence-corrected chi connectivity index (χ0v) is 25.4. The highest BCUT2D eigenvalue weighted by atomic mass is 32.2. The molecule has 0 spiro atoms. The number of phenols is 1. The van der Waals surface area contributed by atoms with E-state index in [1.54, 1.807) is 18.3 Å². The number of amides is 1. The molecule has 2 aliphatic rings. The number of rotatable bonds is 13. The van der Waals surface area contributed by atoms with Crippen molar-refractivity contribution in [2.75, 3.05) is 50.0 Å². The second-order valence-electron chi connectivity index (χ2n) is 11.3. The largest absolute Gasteiger partial charge is 0.507 e. The number of aliphatic hydroxyl groups is 1. The average Bonchev–Trinajstić information content (AvgIpc) is 3.59. The number of aromatic hydroxyl groups is 1. The average molecular weight is 607 g/mol. The molecule has 2 atom stereocenters. The molecule has 230 valence electrons. The number of benzene rings is 2. The van der Waals surface area contributed by atoms with Gasteiger partial charge in [-0.1, -0.05) is 30.3 Å². The van der Waals surface area contributed by atoms with Crippen molar-refractivity contribution in [2.45, 2.75) is 55.6 Å². The molecule has 10 heteroatoms. The van der Waals surface area contributed by atoms with E-state index in [1.807, 2.05) is 35.2 Å². The molecule has 2 fully saturated rings. The molecule has 0 saturated carbocycles. The van der Waals surface area contributed by atoms with Crippen LogP contribution in [0, 0.1) is 0 Å². The zero-order valence-electron chi connectivity index (χ0n) is 24.6. The van der Waals surface area contributed by atoms with Crippen LogP contribution in [0.1, 0.15) is 48.0 Å². The van der Waals surface area contributed by atoms with Gasteiger partial charge in [0.2, 0.25) is 0 Å². The minimum atomic E-state index is -1.35. The number of hydrogen-bond acceptors (Lipinski definition) is 8. The highest BCUT2D eigenvalue weighted by molar-refractivity contribution is 7.85. The summed E-state index contributed by atoms with van der Waals surface area (Å²) < 4.78 is 18.6. The third-order valence-electron chi connectivity index (χ3n) is 8.11. The highest BCUT2D eigenvalue weighted by Crippen LogP contribution is 2.27. The lowest BCUT2D eigenvalue weighted by Gasteiger charge is -2.33. The molecule has 3 N–H and O–H groups in total. The molecule has 3 aromatic rings. The Bertz CT molecular complexity index is 1340. The van der Waals surface area contributed by atoms with Crippen molar-refractivity contribution in [3.63, 3.8) is 0 Å². The third-order valence-corrected chi connectivity index (χ3v) is 9.58. The standard InChI is InChI=1S/C33H42N4O5S/c38-28(24-42-29-11-12-30(39)31(21-29)43(41)20-6-9-25-7-2-1-3-8-25)23-34-27-14-18-36(19-15-27)32-13-10-26(22-35-32)33(40)37-16-4-5-17-37/h1-3,7-8,10-13,21-22,27-28,34,38-39H,4-6,9,14-20,23-24H2. The maximum Gasteiger partial charge on any atom is 0.255 e. The number of hydrogen-bond donors (Lipinski definition) is 3. The fraction of sp³-hybridized carbons (Fsp3) is 0.455. The summed E-state index contributed by atoms with van der Waals surface area (Å²) in [5.41, 5.74) is 1.84. The van der Waals surface area contributed by atoms with Crippen LogP contribution in [0.15, 0.2) is 71.8 Å². The van der Waals surface area contributed by atoms with E-state index >= 15 is 0 Å². The number of carbonyl (C=O) groups is 1. The molecule has 5 rings (SSSR count). The molecule has 2 saturated heterocycles. The highest BCUT2D eigenvalue weighted by Gasteiger charge is 2.23. The molecule has 1 amide bonds. The number of pyridine rings is 1. The lowest BCUT2D eigenvalue weighted by molar-refractivity contribution is 0.0792. The number of aryl methyl sites for hydroxylation is 1. The van der Waals surface area contributed by atoms with Crippen molar-refractivity contribution >= 4 is 22.5 Å². The Morgan fingerprint density at radius 3 is 2.53 bits per heavy atom. The maximum atomic E-state index is 12.8. The lowest BCUT2D eigenvalue weighted by atomic mass is 10.0. The molecule has 3 heterocycles. The van der Waals surface area contributed by atoms with Gasteiger partial charge in [0, 0.05) is 56.8 Å². The second-order valence-corrected chi connectivity index (χ2v) is 12.8. The van der Waals surface area contributed by atoms with Gasteiger partial charge in [-0.3, -0.25) is 9.00 Å². The number of ether oxygens (including phenoxy) is 1. The van der Waals surface area contributed by atoms with Crippen LogP contribution in [0.25, 0.3) is 0 Å². The van der Waals surface area contributed by atoms with Crippen LogP contribution in [0.3, 0.4) is 0 Å². The molecule has 43 heavy (non-hydrogen) atoms. The van der Waals surface area contributed by atoms with Gasteiger partial charge < -0.3 is 30.1 Å². The fourth-order valence-corrected chi connectivity index (χ4v) is 6.77. The van der Waals surface area contributed by atoms with Crippen LogP contribution in [0.4, 0.5) is 5.82 Å². The van der Waals surface area contributed by atoms with Crippen molar-refractivity contribution in [3.8, 4) is 11.5 Å². The van der Waals surface area contributed by atoms with E-state index in [4.69, 9.17) is 4.74 Å². The number of aliphatic hydroxyl groups excluding tert-OH is 1. The van der Waals surface area contributed by atoms with Crippen molar-refractivity contribution in [1.82, 2.24) is 15.2 Å². The fourth-order valence-electron chi connectivity index (χ4n) is 5.60. The summed E-state index contributed by atoms with van der Waals surface area (Å²) in [4.78, 5) is 21.6. The zero-order chi connectivity index (χ0) is 30.0. The van der Waals surface area contributed by atoms with E-state index in [-0.39, 0.29) is 24.3 Å². The Hall–Kier alpha value is -3.47. The second kappa shape index (κ2) is 15.3. The number of aromatic nitrogens is 1. The van der Waals surface area contributed by atoms with Crippen molar-refractivity contribution < 1.29 is 24.0 Å². The Morgan fingerprint density at radius 2 is 1.81 bits per heavy atom. The van der Waals surface area contributed by atoms with Crippen molar-refractivity contribution in [3.05, 3.63) is 78.0 Å². The Labute approximate surface area is 256 Å². The Morgan fingerprint density at radius 1 is 1.05 bits per heavy atom. The summed E-state index contributed by atoms with van der Waals surface area (Å²) in [5, 5.41) is 24.2. The minimum absolute atomic E-state index is 0.0133. The summed E-state index contributed by atoms with van der Waals surface area (Å²) in [6, 6.07) is 18.9. The molecule has 2 aliphatic heterocycles. The molecular weight excluding hydrogens is 564 g/mol. The van der Waals surface area contributed by atoms with Gasteiger partial charge in [0.1, 0.15) is 30.0 Å². The quantitative estimate of drug-likeness (QED) is 0.270. The first-order valence-corrected chi connectivity index (χ1v) is 16.6. The summed E-state index contributed by atoms with van der Waals surface area (Å²) in [6.45, 7) is 3.83. The van der Waals surface area contributed by atoms with Crippen LogP contribution < -0.4 is 15.0 Å². The molecule has 9 nitrogen and oxygen atoms in total. The molecule has 0 aliphatic carbocycles. The van der Waals surface area contributed by atoms with Gasteiger partial charge in [-0.25, -0.2) is 4.98 Å². The number of anilines is 1. The number of nitrogens with zero attached hydrogens (tertiary/aromatic N) is 3.